The van der Waals surface area contributed by atoms with Gasteiger partial charge in [0, 0.05) is 24.0 Å². The predicted octanol–water partition coefficient (Wildman–Crippen LogP) is 6.35. The Labute approximate surface area is 360 Å². The van der Waals surface area contributed by atoms with Crippen LogP contribution in [0.4, 0.5) is 4.79 Å². The normalized spacial score (nSPS) is 25.9. The van der Waals surface area contributed by atoms with Gasteiger partial charge in [0.05, 0.1) is 30.0 Å². The minimum atomic E-state index is -3.92. The number of alkyl carbamates (subject to hydrolysis) is 1. The molecule has 62 heavy (non-hydrogen) atoms. The van der Waals surface area contributed by atoms with Crippen molar-refractivity contribution in [2.75, 3.05) is 13.7 Å². The van der Waals surface area contributed by atoms with Gasteiger partial charge in [0.1, 0.15) is 46.7 Å². The average molecular weight is 868 g/mol. The van der Waals surface area contributed by atoms with E-state index in [2.05, 4.69) is 15.4 Å². The molecule has 328 valence electrons. The second kappa shape index (κ2) is 16.9. The number of amides is 4. The molecule has 5 atom stereocenters. The van der Waals surface area contributed by atoms with E-state index >= 15 is 0 Å². The van der Waals surface area contributed by atoms with Crippen LogP contribution < -0.4 is 24.8 Å². The number of rotatable bonds is 9. The Kier molecular flexibility index (Phi) is 11.4. The first-order valence-electron chi connectivity index (χ1n) is 21.9. The molecule has 2 aromatic carbocycles. The molecule has 3 N–H and O–H groups in total. The molecule has 16 heteroatoms. The Bertz CT molecular complexity index is 2530. The Morgan fingerprint density at radius 3 is 2.48 bits per heavy atom. The smallest absolute Gasteiger partial charge is 0.408 e. The molecule has 3 aliphatic carbocycles. The molecule has 4 heterocycles. The largest absolute Gasteiger partial charge is 0.497 e. The molecule has 2 aliphatic heterocycles. The van der Waals surface area contributed by atoms with Crippen LogP contribution in [-0.2, 0) is 29.1 Å². The number of allylic oxidation sites excluding steroid dienone is 1. The number of carbonyl (C=O) groups is 4. The zero-order valence-electron chi connectivity index (χ0n) is 35.0. The standard InChI is InChI=1S/C46H53N5O10S/c1-27-14-16-28(17-15-27)36-24-39(41-40(47-36)34-22-31(58-2)18-21-38(34)61-41)59-32-23-37-42(52)49-46(44(54)50-62(56,57)33-19-20-33)25-29(46)10-6-4-3-5-7-13-35(43(53)51(37)26-32)48-45(55)60-30-11-8-9-12-30/h6,10,14-18,21-22,24,29-30,32-33,35,37H,3-5,7-9,11-13,19-20,23,25-26H2,1-2H3,(H,48,55)(H,49,52)(H,50,54)/t29-,32-,35+,37+,46-/m1/s1. The predicted molar refractivity (Wildman–Crippen MR) is 230 cm³/mol. The lowest BCUT2D eigenvalue weighted by molar-refractivity contribution is -0.141. The minimum absolute atomic E-state index is 0.0210. The molecule has 3 saturated carbocycles. The van der Waals surface area contributed by atoms with E-state index in [4.69, 9.17) is 23.6 Å². The summed E-state index contributed by atoms with van der Waals surface area (Å²) in [5.41, 5.74) is 2.49. The van der Waals surface area contributed by atoms with E-state index < -0.39 is 68.7 Å². The van der Waals surface area contributed by atoms with Crippen LogP contribution in [0.1, 0.15) is 89.0 Å². The van der Waals surface area contributed by atoms with Crippen LogP contribution in [0.3, 0.4) is 0 Å². The lowest BCUT2D eigenvalue weighted by Gasteiger charge is -2.30. The van der Waals surface area contributed by atoms with Crippen molar-refractivity contribution in [1.29, 1.82) is 0 Å². The van der Waals surface area contributed by atoms with Gasteiger partial charge in [0.2, 0.25) is 21.8 Å². The van der Waals surface area contributed by atoms with E-state index in [1.807, 2.05) is 49.4 Å². The van der Waals surface area contributed by atoms with E-state index in [1.165, 1.54) is 4.90 Å². The second-order valence-electron chi connectivity index (χ2n) is 17.5. The van der Waals surface area contributed by atoms with E-state index in [0.29, 0.717) is 71.4 Å². The molecular weight excluding hydrogens is 815 g/mol. The molecule has 1 saturated heterocycles. The van der Waals surface area contributed by atoms with Crippen molar-refractivity contribution in [3.8, 4) is 22.8 Å². The van der Waals surface area contributed by atoms with Gasteiger partial charge >= 0.3 is 6.09 Å². The highest BCUT2D eigenvalue weighted by Crippen LogP contribution is 2.46. The summed E-state index contributed by atoms with van der Waals surface area (Å²) in [6.07, 6.45) is 9.98. The number of hydrogen-bond donors (Lipinski definition) is 3. The fraction of sp³-hybridized carbons (Fsp3) is 0.500. The monoisotopic (exact) mass is 867 g/mol. The van der Waals surface area contributed by atoms with Gasteiger partial charge in [-0.2, -0.15) is 0 Å². The molecule has 0 bridgehead atoms. The summed E-state index contributed by atoms with van der Waals surface area (Å²) in [6, 6.07) is 13.0. The molecule has 4 fully saturated rings. The van der Waals surface area contributed by atoms with Crippen molar-refractivity contribution in [1.82, 2.24) is 25.2 Å². The number of aromatic nitrogens is 1. The Morgan fingerprint density at radius 2 is 1.73 bits per heavy atom. The number of nitrogens with one attached hydrogen (secondary N) is 3. The fourth-order valence-corrected chi connectivity index (χ4v) is 10.5. The summed E-state index contributed by atoms with van der Waals surface area (Å²) in [5, 5.41) is 5.84. The van der Waals surface area contributed by atoms with Gasteiger partial charge in [-0.15, -0.1) is 0 Å². The molecule has 9 rings (SSSR count). The third-order valence-electron chi connectivity index (χ3n) is 12.9. The molecule has 2 aromatic heterocycles. The van der Waals surface area contributed by atoms with Crippen molar-refractivity contribution in [3.05, 3.63) is 66.2 Å². The van der Waals surface area contributed by atoms with E-state index in [1.54, 1.807) is 25.3 Å². The van der Waals surface area contributed by atoms with Gasteiger partial charge in [-0.1, -0.05) is 54.8 Å². The quantitative estimate of drug-likeness (QED) is 0.159. The summed E-state index contributed by atoms with van der Waals surface area (Å²) in [4.78, 5) is 63.1. The third-order valence-corrected chi connectivity index (χ3v) is 14.8. The minimum Gasteiger partial charge on any atom is -0.497 e. The number of fused-ring (bicyclic) bond motifs is 5. The summed E-state index contributed by atoms with van der Waals surface area (Å²) in [7, 11) is -2.33. The first-order valence-corrected chi connectivity index (χ1v) is 23.4. The molecule has 0 spiro atoms. The Hall–Kier alpha value is -5.64. The summed E-state index contributed by atoms with van der Waals surface area (Å²) in [6.45, 7) is 1.96. The number of hydrogen-bond acceptors (Lipinski definition) is 11. The lowest BCUT2D eigenvalue weighted by atomic mass is 10.0. The molecule has 4 amide bonds. The number of nitrogens with zero attached hydrogens (tertiary/aromatic N) is 2. The van der Waals surface area contributed by atoms with E-state index in [-0.39, 0.29) is 25.5 Å². The zero-order valence-corrected chi connectivity index (χ0v) is 35.8. The van der Waals surface area contributed by atoms with Gasteiger partial charge in [-0.3, -0.25) is 19.1 Å². The maximum Gasteiger partial charge on any atom is 0.408 e. The maximum atomic E-state index is 14.8. The highest BCUT2D eigenvalue weighted by molar-refractivity contribution is 7.91. The number of furan rings is 1. The third kappa shape index (κ3) is 8.57. The van der Waals surface area contributed by atoms with Crippen LogP contribution in [0.15, 0.2) is 65.1 Å². The number of sulfonamides is 1. The number of ether oxygens (including phenoxy) is 3. The van der Waals surface area contributed by atoms with Crippen LogP contribution in [-0.4, -0.2) is 90.9 Å². The van der Waals surface area contributed by atoms with Crippen molar-refractivity contribution in [3.63, 3.8) is 0 Å². The summed E-state index contributed by atoms with van der Waals surface area (Å²) >= 11 is 0. The van der Waals surface area contributed by atoms with Crippen molar-refractivity contribution < 1.29 is 46.2 Å². The number of pyridine rings is 1. The molecular formula is C46H53N5O10S. The number of benzene rings is 2. The van der Waals surface area contributed by atoms with Gasteiger partial charge in [-0.05, 0) is 89.3 Å². The van der Waals surface area contributed by atoms with Crippen LogP contribution in [0.2, 0.25) is 0 Å². The SMILES string of the molecule is COc1ccc2oc3c(O[C@@H]4C[C@H]5C(=O)N[C@]6(C(=O)NS(=O)(=O)C7CC7)C[C@H]6C=CCCCCC[C@H](NC(=O)OC6CCCC6)C(=O)N5C4)cc(-c4ccc(C)cc4)nc3c2c1. The first-order chi connectivity index (χ1) is 29.9. The van der Waals surface area contributed by atoms with Crippen LogP contribution in [0.5, 0.6) is 11.5 Å². The van der Waals surface area contributed by atoms with E-state index in [0.717, 1.165) is 49.7 Å². The van der Waals surface area contributed by atoms with Crippen molar-refractivity contribution in [2.45, 2.75) is 125 Å². The summed E-state index contributed by atoms with van der Waals surface area (Å²) < 4.78 is 52.6. The topological polar surface area (TPSA) is 195 Å². The van der Waals surface area contributed by atoms with Crippen LogP contribution in [0.25, 0.3) is 33.3 Å². The molecule has 5 aliphatic rings. The van der Waals surface area contributed by atoms with Crippen LogP contribution in [0, 0.1) is 12.8 Å². The Morgan fingerprint density at radius 1 is 0.952 bits per heavy atom. The van der Waals surface area contributed by atoms with Crippen molar-refractivity contribution >= 4 is 55.9 Å². The zero-order chi connectivity index (χ0) is 43.2. The second-order valence-corrected chi connectivity index (χ2v) is 19.5. The highest BCUT2D eigenvalue weighted by Gasteiger charge is 2.62. The van der Waals surface area contributed by atoms with Gasteiger partial charge in [0.25, 0.3) is 5.91 Å². The Balaban J connectivity index is 1.06. The van der Waals surface area contributed by atoms with Gasteiger partial charge < -0.3 is 34.2 Å². The number of aryl methyl sites for hydroxylation is 1. The highest BCUT2D eigenvalue weighted by atomic mass is 32.2. The van der Waals surface area contributed by atoms with Crippen molar-refractivity contribution in [2.24, 2.45) is 5.92 Å². The first kappa shape index (κ1) is 41.7. The maximum absolute atomic E-state index is 14.8. The molecule has 15 nitrogen and oxygen atoms in total. The average Bonchev–Trinajstić information content (AvgIpc) is 4.07. The summed E-state index contributed by atoms with van der Waals surface area (Å²) in [5.74, 6) is -1.37. The molecule has 0 radical (unpaired) electrons. The van der Waals surface area contributed by atoms with Gasteiger partial charge in [0.15, 0.2) is 11.3 Å². The van der Waals surface area contributed by atoms with E-state index in [9.17, 15) is 27.6 Å². The fourth-order valence-electron chi connectivity index (χ4n) is 9.13. The molecule has 0 unspecified atom stereocenters. The molecule has 4 aromatic rings. The van der Waals surface area contributed by atoms with Gasteiger partial charge in [-0.25, -0.2) is 18.2 Å². The van der Waals surface area contributed by atoms with Crippen LogP contribution >= 0.6 is 0 Å². The number of carbonyl (C=O) groups excluding carboxylic acids is 4. The number of methoxy groups -OCH3 is 1. The lowest BCUT2D eigenvalue weighted by Crippen LogP contribution is -2.58.